The molecule has 0 unspecified atom stereocenters. The summed E-state index contributed by atoms with van der Waals surface area (Å²) in [6, 6.07) is 17.0. The maximum Gasteiger partial charge on any atom is 0.255 e. The molecule has 33 heavy (non-hydrogen) atoms. The lowest BCUT2D eigenvalue weighted by atomic mass is 10.1. The Kier molecular flexibility index (Phi) is 7.90. The van der Waals surface area contributed by atoms with E-state index in [0.717, 1.165) is 49.7 Å². The largest absolute Gasteiger partial charge is 0.490 e. The van der Waals surface area contributed by atoms with Crippen molar-refractivity contribution in [1.82, 2.24) is 9.88 Å². The third-order valence-corrected chi connectivity index (χ3v) is 5.34. The smallest absolute Gasteiger partial charge is 0.255 e. The molecule has 0 radical (unpaired) electrons. The molecule has 0 bridgehead atoms. The molecule has 1 aliphatic rings. The number of carbonyl (C=O) groups excluding carboxylic acids is 1. The van der Waals surface area contributed by atoms with Gasteiger partial charge in [-0.2, -0.15) is 0 Å². The number of hydrogen-bond donors (Lipinski definition) is 1. The van der Waals surface area contributed by atoms with Gasteiger partial charge in [-0.25, -0.2) is 0 Å². The Balaban J connectivity index is 1.42. The van der Waals surface area contributed by atoms with E-state index >= 15 is 0 Å². The van der Waals surface area contributed by atoms with Gasteiger partial charge in [-0.15, -0.1) is 0 Å². The van der Waals surface area contributed by atoms with Gasteiger partial charge in [-0.1, -0.05) is 12.1 Å². The number of nitrogens with one attached hydrogen (secondary N) is 1. The molecule has 1 N–H and O–H groups in total. The third kappa shape index (κ3) is 6.54. The first-order valence-electron chi connectivity index (χ1n) is 11.2. The molecule has 0 aliphatic carbocycles. The van der Waals surface area contributed by atoms with E-state index in [4.69, 9.17) is 14.2 Å². The van der Waals surface area contributed by atoms with Crippen molar-refractivity contribution >= 4 is 11.6 Å². The van der Waals surface area contributed by atoms with E-state index in [-0.39, 0.29) is 5.91 Å². The number of pyridine rings is 1. The second-order valence-electron chi connectivity index (χ2n) is 7.78. The van der Waals surface area contributed by atoms with Crippen molar-refractivity contribution in [3.05, 3.63) is 83.7 Å². The number of morpholine rings is 1. The standard InChI is InChI=1S/C26H29N3O4/c1-2-32-25-17-22(6-7-24(25)33-19-20-8-10-27-11-9-20)26(30)28-23-5-3-4-21(16-23)18-29-12-14-31-15-13-29/h3-11,16-17H,2,12-15,18-19H2,1H3,(H,28,30). The normalized spacial score (nSPS) is 14.0. The van der Waals surface area contributed by atoms with E-state index in [1.54, 1.807) is 30.6 Å². The summed E-state index contributed by atoms with van der Waals surface area (Å²) in [4.78, 5) is 19.3. The molecule has 1 fully saturated rings. The molecule has 0 atom stereocenters. The lowest BCUT2D eigenvalue weighted by Crippen LogP contribution is -2.35. The number of hydrogen-bond acceptors (Lipinski definition) is 6. The molecule has 1 saturated heterocycles. The van der Waals surface area contributed by atoms with E-state index in [0.29, 0.717) is 30.3 Å². The molecule has 7 nitrogen and oxygen atoms in total. The molecule has 1 aromatic heterocycles. The summed E-state index contributed by atoms with van der Waals surface area (Å²) < 4.78 is 17.1. The van der Waals surface area contributed by atoms with Crippen molar-refractivity contribution in [2.24, 2.45) is 0 Å². The summed E-state index contributed by atoms with van der Waals surface area (Å²) >= 11 is 0. The van der Waals surface area contributed by atoms with Crippen LogP contribution in [0.15, 0.2) is 67.0 Å². The second kappa shape index (κ2) is 11.4. The fourth-order valence-corrected chi connectivity index (χ4v) is 3.65. The second-order valence-corrected chi connectivity index (χ2v) is 7.78. The minimum absolute atomic E-state index is 0.194. The predicted molar refractivity (Wildman–Crippen MR) is 127 cm³/mol. The number of nitrogens with zero attached hydrogens (tertiary/aromatic N) is 2. The first-order valence-corrected chi connectivity index (χ1v) is 11.2. The van der Waals surface area contributed by atoms with Crippen LogP contribution in [0.3, 0.4) is 0 Å². The lowest BCUT2D eigenvalue weighted by molar-refractivity contribution is 0.0342. The van der Waals surface area contributed by atoms with Gasteiger partial charge in [0.1, 0.15) is 6.61 Å². The van der Waals surface area contributed by atoms with Crippen LogP contribution < -0.4 is 14.8 Å². The molecular formula is C26H29N3O4. The molecule has 2 aromatic carbocycles. The number of aromatic nitrogens is 1. The summed E-state index contributed by atoms with van der Waals surface area (Å²) in [6.07, 6.45) is 3.46. The Morgan fingerprint density at radius 2 is 1.82 bits per heavy atom. The molecule has 0 saturated carbocycles. The van der Waals surface area contributed by atoms with Crippen LogP contribution in [0, 0.1) is 0 Å². The van der Waals surface area contributed by atoms with Crippen molar-refractivity contribution in [1.29, 1.82) is 0 Å². The molecule has 4 rings (SSSR count). The first kappa shape index (κ1) is 22.8. The summed E-state index contributed by atoms with van der Waals surface area (Å²) in [5.41, 5.74) is 3.44. The van der Waals surface area contributed by atoms with Crippen LogP contribution >= 0.6 is 0 Å². The van der Waals surface area contributed by atoms with Crippen LogP contribution in [0.1, 0.15) is 28.4 Å². The van der Waals surface area contributed by atoms with Crippen molar-refractivity contribution in [2.75, 3.05) is 38.2 Å². The van der Waals surface area contributed by atoms with Gasteiger partial charge >= 0.3 is 0 Å². The fraction of sp³-hybridized carbons (Fsp3) is 0.308. The molecule has 2 heterocycles. The molecular weight excluding hydrogens is 418 g/mol. The molecule has 172 valence electrons. The van der Waals surface area contributed by atoms with Crippen LogP contribution in [0.25, 0.3) is 0 Å². The van der Waals surface area contributed by atoms with Crippen molar-refractivity contribution in [3.63, 3.8) is 0 Å². The maximum absolute atomic E-state index is 12.9. The van der Waals surface area contributed by atoms with Gasteiger partial charge in [-0.05, 0) is 60.5 Å². The van der Waals surface area contributed by atoms with Gasteiger partial charge in [-0.3, -0.25) is 14.7 Å². The van der Waals surface area contributed by atoms with Gasteiger partial charge in [0.15, 0.2) is 11.5 Å². The van der Waals surface area contributed by atoms with Crippen LogP contribution in [-0.2, 0) is 17.9 Å². The minimum atomic E-state index is -0.194. The fourth-order valence-electron chi connectivity index (χ4n) is 3.65. The minimum Gasteiger partial charge on any atom is -0.490 e. The van der Waals surface area contributed by atoms with Crippen LogP contribution in [0.4, 0.5) is 5.69 Å². The highest BCUT2D eigenvalue weighted by Crippen LogP contribution is 2.29. The Morgan fingerprint density at radius 3 is 2.61 bits per heavy atom. The number of ether oxygens (including phenoxy) is 3. The Morgan fingerprint density at radius 1 is 1.00 bits per heavy atom. The van der Waals surface area contributed by atoms with Crippen LogP contribution in [0.5, 0.6) is 11.5 Å². The summed E-state index contributed by atoms with van der Waals surface area (Å²) in [7, 11) is 0. The Labute approximate surface area is 194 Å². The van der Waals surface area contributed by atoms with Crippen LogP contribution in [-0.4, -0.2) is 48.7 Å². The molecule has 7 heteroatoms. The van der Waals surface area contributed by atoms with Crippen molar-refractivity contribution < 1.29 is 19.0 Å². The van der Waals surface area contributed by atoms with Gasteiger partial charge in [0, 0.05) is 43.3 Å². The van der Waals surface area contributed by atoms with E-state index < -0.39 is 0 Å². The Bertz CT molecular complexity index is 1050. The lowest BCUT2D eigenvalue weighted by Gasteiger charge is -2.26. The average molecular weight is 448 g/mol. The highest BCUT2D eigenvalue weighted by molar-refractivity contribution is 6.04. The molecule has 1 aliphatic heterocycles. The number of benzene rings is 2. The monoisotopic (exact) mass is 447 g/mol. The number of rotatable bonds is 9. The van der Waals surface area contributed by atoms with Crippen molar-refractivity contribution in [2.45, 2.75) is 20.1 Å². The van der Waals surface area contributed by atoms with E-state index in [2.05, 4.69) is 21.3 Å². The average Bonchev–Trinajstić information content (AvgIpc) is 2.85. The summed E-state index contributed by atoms with van der Waals surface area (Å²) in [5, 5.41) is 3.00. The van der Waals surface area contributed by atoms with E-state index in [1.807, 2.05) is 37.3 Å². The highest BCUT2D eigenvalue weighted by Gasteiger charge is 2.14. The van der Waals surface area contributed by atoms with Gasteiger partial charge < -0.3 is 19.5 Å². The highest BCUT2D eigenvalue weighted by atomic mass is 16.5. The quantitative estimate of drug-likeness (QED) is 0.531. The zero-order valence-corrected chi connectivity index (χ0v) is 18.8. The topological polar surface area (TPSA) is 72.9 Å². The Hall–Kier alpha value is -3.42. The third-order valence-electron chi connectivity index (χ3n) is 5.34. The SMILES string of the molecule is CCOc1cc(C(=O)Nc2cccc(CN3CCOCC3)c2)ccc1OCc1ccncc1. The van der Waals surface area contributed by atoms with Gasteiger partial charge in [0.2, 0.25) is 0 Å². The molecule has 3 aromatic rings. The van der Waals surface area contributed by atoms with E-state index in [9.17, 15) is 4.79 Å². The molecule has 1 amide bonds. The number of carbonyl (C=O) groups is 1. The van der Waals surface area contributed by atoms with Crippen molar-refractivity contribution in [3.8, 4) is 11.5 Å². The predicted octanol–water partition coefficient (Wildman–Crippen LogP) is 4.14. The summed E-state index contributed by atoms with van der Waals surface area (Å²) in [6.45, 7) is 6.98. The zero-order valence-electron chi connectivity index (χ0n) is 18.8. The number of anilines is 1. The summed E-state index contributed by atoms with van der Waals surface area (Å²) in [5.74, 6) is 0.943. The first-order chi connectivity index (χ1) is 16.2. The number of amides is 1. The molecule has 0 spiro atoms. The zero-order chi connectivity index (χ0) is 22.9. The van der Waals surface area contributed by atoms with Gasteiger partial charge in [0.05, 0.1) is 19.8 Å². The van der Waals surface area contributed by atoms with Crippen LogP contribution in [0.2, 0.25) is 0 Å². The van der Waals surface area contributed by atoms with Gasteiger partial charge in [0.25, 0.3) is 5.91 Å². The van der Waals surface area contributed by atoms with E-state index in [1.165, 1.54) is 0 Å². The maximum atomic E-state index is 12.9.